The molecule has 0 spiro atoms. The fraction of sp³-hybridized carbons (Fsp3) is 0.500. The van der Waals surface area contributed by atoms with Crippen molar-refractivity contribution in [1.29, 1.82) is 0 Å². The van der Waals surface area contributed by atoms with Gasteiger partial charge in [0.1, 0.15) is 0 Å². The molecule has 116 valence electrons. The predicted molar refractivity (Wildman–Crippen MR) is 85.6 cm³/mol. The Balaban J connectivity index is 2.53. The normalized spacial score (nSPS) is 10.9. The molecule has 0 saturated carbocycles. The number of benzene rings is 1. The van der Waals surface area contributed by atoms with Crippen LogP contribution in [0.3, 0.4) is 0 Å². The minimum atomic E-state index is -0.253. The van der Waals surface area contributed by atoms with Gasteiger partial charge in [0, 0.05) is 31.2 Å². The number of nitrogens with one attached hydrogen (secondary N) is 3. The molecule has 0 heterocycles. The van der Waals surface area contributed by atoms with Gasteiger partial charge in [-0.15, -0.1) is 0 Å². The first-order valence-electron chi connectivity index (χ1n) is 7.10. The average Bonchev–Trinajstić information content (AvgIpc) is 2.36. The number of anilines is 1. The third-order valence-electron chi connectivity index (χ3n) is 2.84. The van der Waals surface area contributed by atoms with E-state index in [1.54, 1.807) is 13.1 Å². The van der Waals surface area contributed by atoms with Crippen LogP contribution < -0.4 is 16.0 Å². The molecule has 2 amide bonds. The van der Waals surface area contributed by atoms with Crippen LogP contribution in [0, 0.1) is 6.92 Å². The summed E-state index contributed by atoms with van der Waals surface area (Å²) in [7, 11) is 1.78. The van der Waals surface area contributed by atoms with E-state index in [2.05, 4.69) is 16.0 Å². The number of aryl methyl sites for hydroxylation is 1. The van der Waals surface area contributed by atoms with E-state index < -0.39 is 0 Å². The van der Waals surface area contributed by atoms with Gasteiger partial charge >= 0.3 is 0 Å². The Kier molecular flexibility index (Phi) is 5.76. The van der Waals surface area contributed by atoms with Crippen LogP contribution >= 0.6 is 0 Å². The highest BCUT2D eigenvalue weighted by molar-refractivity contribution is 5.99. The molecular formula is C16H25N3O2. The predicted octanol–water partition coefficient (Wildman–Crippen LogP) is 2.07. The molecule has 1 aromatic rings. The first-order valence-corrected chi connectivity index (χ1v) is 7.10. The van der Waals surface area contributed by atoms with Crippen LogP contribution in [0.15, 0.2) is 18.2 Å². The fourth-order valence-corrected chi connectivity index (χ4v) is 1.93. The van der Waals surface area contributed by atoms with Gasteiger partial charge in [-0.25, -0.2) is 0 Å². The molecule has 5 nitrogen and oxygen atoms in total. The summed E-state index contributed by atoms with van der Waals surface area (Å²) in [6.45, 7) is 8.07. The molecule has 1 aromatic carbocycles. The molecule has 0 aromatic heterocycles. The molecule has 0 fully saturated rings. The third kappa shape index (κ3) is 5.85. The summed E-state index contributed by atoms with van der Waals surface area (Å²) in [5.74, 6) is -0.247. The summed E-state index contributed by atoms with van der Waals surface area (Å²) in [4.78, 5) is 23.8. The Hall–Kier alpha value is -2.04. The van der Waals surface area contributed by atoms with Gasteiger partial charge in [-0.3, -0.25) is 9.59 Å². The van der Waals surface area contributed by atoms with Crippen molar-refractivity contribution in [2.45, 2.75) is 39.7 Å². The quantitative estimate of drug-likeness (QED) is 0.778. The third-order valence-corrected chi connectivity index (χ3v) is 2.84. The standard InChI is InChI=1S/C16H25N3O2/c1-11-6-7-12(13(10-11)17-5)15(21)18-9-8-14(20)19-16(2,3)4/h6-7,10,17H,8-9H2,1-5H3,(H,18,21)(H,19,20). The number of rotatable bonds is 5. The van der Waals surface area contributed by atoms with E-state index in [4.69, 9.17) is 0 Å². The highest BCUT2D eigenvalue weighted by Crippen LogP contribution is 2.16. The molecular weight excluding hydrogens is 266 g/mol. The van der Waals surface area contributed by atoms with E-state index in [-0.39, 0.29) is 23.8 Å². The topological polar surface area (TPSA) is 70.2 Å². The molecule has 0 aliphatic heterocycles. The molecule has 0 bridgehead atoms. The zero-order chi connectivity index (χ0) is 16.0. The van der Waals surface area contributed by atoms with Crippen molar-refractivity contribution in [3.05, 3.63) is 29.3 Å². The smallest absolute Gasteiger partial charge is 0.253 e. The lowest BCUT2D eigenvalue weighted by atomic mass is 10.1. The molecule has 0 saturated heterocycles. The van der Waals surface area contributed by atoms with E-state index in [1.807, 2.05) is 39.8 Å². The van der Waals surface area contributed by atoms with E-state index >= 15 is 0 Å². The minimum Gasteiger partial charge on any atom is -0.387 e. The largest absolute Gasteiger partial charge is 0.387 e. The minimum absolute atomic E-state index is 0.0689. The molecule has 0 atom stereocenters. The Labute approximate surface area is 126 Å². The molecule has 0 aliphatic carbocycles. The van der Waals surface area contributed by atoms with Crippen molar-refractivity contribution in [2.75, 3.05) is 18.9 Å². The Bertz CT molecular complexity index is 519. The van der Waals surface area contributed by atoms with E-state index in [9.17, 15) is 9.59 Å². The van der Waals surface area contributed by atoms with Crippen LogP contribution in [-0.4, -0.2) is 30.9 Å². The first kappa shape index (κ1) is 17.0. The van der Waals surface area contributed by atoms with Crippen molar-refractivity contribution in [3.63, 3.8) is 0 Å². The number of carbonyl (C=O) groups is 2. The number of hydrogen-bond donors (Lipinski definition) is 3. The highest BCUT2D eigenvalue weighted by Gasteiger charge is 2.14. The summed E-state index contributed by atoms with van der Waals surface area (Å²) >= 11 is 0. The summed E-state index contributed by atoms with van der Waals surface area (Å²) in [5, 5.41) is 8.64. The van der Waals surface area contributed by atoms with Crippen molar-refractivity contribution in [3.8, 4) is 0 Å². The van der Waals surface area contributed by atoms with E-state index in [0.717, 1.165) is 11.3 Å². The van der Waals surface area contributed by atoms with Crippen LogP contribution in [0.5, 0.6) is 0 Å². The van der Waals surface area contributed by atoms with Crippen LogP contribution in [0.1, 0.15) is 43.1 Å². The lowest BCUT2D eigenvalue weighted by Crippen LogP contribution is -2.42. The van der Waals surface area contributed by atoms with Gasteiger partial charge in [0.2, 0.25) is 5.91 Å². The second-order valence-electron chi connectivity index (χ2n) is 6.10. The summed E-state index contributed by atoms with van der Waals surface area (Å²) in [6, 6.07) is 5.59. The molecule has 0 unspecified atom stereocenters. The fourth-order valence-electron chi connectivity index (χ4n) is 1.93. The van der Waals surface area contributed by atoms with Crippen LogP contribution in [0.25, 0.3) is 0 Å². The Morgan fingerprint density at radius 2 is 1.86 bits per heavy atom. The highest BCUT2D eigenvalue weighted by atomic mass is 16.2. The number of amides is 2. The van der Waals surface area contributed by atoms with Gasteiger partial charge < -0.3 is 16.0 Å². The maximum atomic E-state index is 12.1. The van der Waals surface area contributed by atoms with Gasteiger partial charge in [-0.05, 0) is 45.4 Å². The SMILES string of the molecule is CNc1cc(C)ccc1C(=O)NCCC(=O)NC(C)(C)C. The molecule has 0 aliphatic rings. The Morgan fingerprint density at radius 3 is 2.43 bits per heavy atom. The van der Waals surface area contributed by atoms with Crippen molar-refractivity contribution in [2.24, 2.45) is 0 Å². The molecule has 3 N–H and O–H groups in total. The van der Waals surface area contributed by atoms with Crippen LogP contribution in [-0.2, 0) is 4.79 Å². The zero-order valence-electron chi connectivity index (χ0n) is 13.5. The first-order chi connectivity index (χ1) is 9.73. The van der Waals surface area contributed by atoms with Crippen molar-refractivity contribution in [1.82, 2.24) is 10.6 Å². The van der Waals surface area contributed by atoms with Crippen LogP contribution in [0.4, 0.5) is 5.69 Å². The summed E-state index contributed by atoms with van der Waals surface area (Å²) in [6.07, 6.45) is 0.268. The van der Waals surface area contributed by atoms with Gasteiger partial charge in [-0.1, -0.05) is 6.07 Å². The van der Waals surface area contributed by atoms with Gasteiger partial charge in [0.25, 0.3) is 5.91 Å². The van der Waals surface area contributed by atoms with Crippen molar-refractivity contribution < 1.29 is 9.59 Å². The monoisotopic (exact) mass is 291 g/mol. The second-order valence-corrected chi connectivity index (χ2v) is 6.10. The molecule has 5 heteroatoms. The Morgan fingerprint density at radius 1 is 1.19 bits per heavy atom. The molecule has 0 radical (unpaired) electrons. The second kappa shape index (κ2) is 7.11. The number of carbonyl (C=O) groups excluding carboxylic acids is 2. The van der Waals surface area contributed by atoms with Gasteiger partial charge in [0.15, 0.2) is 0 Å². The summed E-state index contributed by atoms with van der Waals surface area (Å²) in [5.41, 5.74) is 2.20. The lowest BCUT2D eigenvalue weighted by Gasteiger charge is -2.20. The van der Waals surface area contributed by atoms with Crippen molar-refractivity contribution >= 4 is 17.5 Å². The van der Waals surface area contributed by atoms with Crippen LogP contribution in [0.2, 0.25) is 0 Å². The van der Waals surface area contributed by atoms with Gasteiger partial charge in [-0.2, -0.15) is 0 Å². The van der Waals surface area contributed by atoms with E-state index in [1.165, 1.54) is 0 Å². The molecule has 21 heavy (non-hydrogen) atoms. The molecule has 1 rings (SSSR count). The maximum Gasteiger partial charge on any atom is 0.253 e. The average molecular weight is 291 g/mol. The van der Waals surface area contributed by atoms with Gasteiger partial charge in [0.05, 0.1) is 5.56 Å². The lowest BCUT2D eigenvalue weighted by molar-refractivity contribution is -0.122. The zero-order valence-corrected chi connectivity index (χ0v) is 13.5. The maximum absolute atomic E-state index is 12.1. The summed E-state index contributed by atoms with van der Waals surface area (Å²) < 4.78 is 0. The van der Waals surface area contributed by atoms with E-state index in [0.29, 0.717) is 12.1 Å². The number of hydrogen-bond acceptors (Lipinski definition) is 3.